The molecule has 1 unspecified atom stereocenters. The Morgan fingerprint density at radius 1 is 1.08 bits per heavy atom. The van der Waals surface area contributed by atoms with E-state index in [0.29, 0.717) is 11.7 Å². The molecule has 1 amide bonds. The van der Waals surface area contributed by atoms with Crippen LogP contribution in [0.15, 0.2) is 90.3 Å². The fourth-order valence-electron chi connectivity index (χ4n) is 5.07. The minimum atomic E-state index is -4.27. The summed E-state index contributed by atoms with van der Waals surface area (Å²) in [5.41, 5.74) is 1.86. The zero-order valence-electron chi connectivity index (χ0n) is 22.1. The molecular formula is C29H31N5O4S. The second-order valence-corrected chi connectivity index (χ2v) is 12.0. The molecule has 202 valence electrons. The predicted molar refractivity (Wildman–Crippen MR) is 148 cm³/mol. The van der Waals surface area contributed by atoms with E-state index in [9.17, 15) is 13.2 Å². The van der Waals surface area contributed by atoms with Gasteiger partial charge in [0.2, 0.25) is 5.88 Å². The minimum Gasteiger partial charge on any atom is -0.473 e. The topological polar surface area (TPSA) is 106 Å². The highest BCUT2D eigenvalue weighted by Crippen LogP contribution is 2.37. The summed E-state index contributed by atoms with van der Waals surface area (Å²) in [6.45, 7) is 7.26. The quantitative estimate of drug-likeness (QED) is 0.345. The zero-order valence-corrected chi connectivity index (χ0v) is 22.9. The maximum Gasteiger partial charge on any atom is 0.281 e. The van der Waals surface area contributed by atoms with Gasteiger partial charge in [0.05, 0.1) is 5.56 Å². The number of amides is 1. The van der Waals surface area contributed by atoms with Crippen molar-refractivity contribution < 1.29 is 17.9 Å². The number of nitrogens with one attached hydrogen (secondary N) is 1. The molecule has 1 fully saturated rings. The van der Waals surface area contributed by atoms with Gasteiger partial charge in [-0.05, 0) is 74.2 Å². The largest absolute Gasteiger partial charge is 0.473 e. The third-order valence-electron chi connectivity index (χ3n) is 6.76. The molecular weight excluding hydrogens is 514 g/mol. The van der Waals surface area contributed by atoms with Crippen molar-refractivity contribution in [3.63, 3.8) is 0 Å². The smallest absolute Gasteiger partial charge is 0.281 e. The average Bonchev–Trinajstić information content (AvgIpc) is 3.55. The van der Waals surface area contributed by atoms with Gasteiger partial charge in [0.1, 0.15) is 12.4 Å². The van der Waals surface area contributed by atoms with Crippen LogP contribution in [0.4, 0.5) is 5.82 Å². The number of pyridine rings is 2. The highest BCUT2D eigenvalue weighted by Gasteiger charge is 2.39. The summed E-state index contributed by atoms with van der Waals surface area (Å²) >= 11 is 0. The molecule has 4 aromatic rings. The Kier molecular flexibility index (Phi) is 7.14. The van der Waals surface area contributed by atoms with Gasteiger partial charge in [-0.15, -0.1) is 0 Å². The second kappa shape index (κ2) is 10.5. The SMILES string of the molecule is CC1CN(c2ncccc2C(=O)NS(=O)(=O)c2cccc(OCc3cccc(-n4cccc4)c3)n2)C(C)(C)C1. The number of aromatic nitrogens is 3. The predicted octanol–water partition coefficient (Wildman–Crippen LogP) is 4.59. The molecule has 0 bridgehead atoms. The van der Waals surface area contributed by atoms with Gasteiger partial charge in [-0.25, -0.2) is 9.71 Å². The highest BCUT2D eigenvalue weighted by molar-refractivity contribution is 7.90. The van der Waals surface area contributed by atoms with E-state index >= 15 is 0 Å². The van der Waals surface area contributed by atoms with E-state index in [0.717, 1.165) is 24.2 Å². The number of rotatable bonds is 8. The highest BCUT2D eigenvalue weighted by atomic mass is 32.2. The van der Waals surface area contributed by atoms with E-state index in [-0.39, 0.29) is 28.6 Å². The zero-order chi connectivity index (χ0) is 27.6. The molecule has 1 aliphatic heterocycles. The third-order valence-corrected chi connectivity index (χ3v) is 7.99. The van der Waals surface area contributed by atoms with Crippen molar-refractivity contribution in [2.75, 3.05) is 11.4 Å². The summed E-state index contributed by atoms with van der Waals surface area (Å²) in [6.07, 6.45) is 6.45. The molecule has 0 aliphatic carbocycles. The van der Waals surface area contributed by atoms with Gasteiger partial charge >= 0.3 is 0 Å². The van der Waals surface area contributed by atoms with Gasteiger partial charge in [0.25, 0.3) is 15.9 Å². The Morgan fingerprint density at radius 2 is 1.85 bits per heavy atom. The molecule has 1 aromatic carbocycles. The standard InChI is InChI=1S/C29H31N5O4S/c1-21-18-29(2,3)34(19-21)27-24(11-8-14-30-27)28(35)32-39(36,37)26-13-7-12-25(31-26)38-20-22-9-6-10-23(17-22)33-15-4-5-16-33/h4-17,21H,18-20H2,1-3H3,(H,32,35). The van der Waals surface area contributed by atoms with Crippen LogP contribution in [0.5, 0.6) is 5.88 Å². The first-order valence-corrected chi connectivity index (χ1v) is 14.2. The minimum absolute atomic E-state index is 0.131. The molecule has 1 aliphatic rings. The van der Waals surface area contributed by atoms with Crippen molar-refractivity contribution in [2.24, 2.45) is 5.92 Å². The lowest BCUT2D eigenvalue weighted by Gasteiger charge is -2.33. The summed E-state index contributed by atoms with van der Waals surface area (Å²) in [4.78, 5) is 23.9. The van der Waals surface area contributed by atoms with Crippen LogP contribution in [0, 0.1) is 5.92 Å². The Hall–Kier alpha value is -4.18. The van der Waals surface area contributed by atoms with Gasteiger partial charge in [-0.2, -0.15) is 13.4 Å². The molecule has 0 spiro atoms. The van der Waals surface area contributed by atoms with E-state index in [2.05, 4.69) is 40.4 Å². The van der Waals surface area contributed by atoms with Crippen molar-refractivity contribution >= 4 is 21.7 Å². The van der Waals surface area contributed by atoms with Crippen LogP contribution in [-0.4, -0.2) is 40.9 Å². The van der Waals surface area contributed by atoms with Crippen molar-refractivity contribution in [3.05, 3.63) is 96.4 Å². The molecule has 5 rings (SSSR count). The molecule has 1 atom stereocenters. The average molecular weight is 546 g/mol. The van der Waals surface area contributed by atoms with Crippen LogP contribution >= 0.6 is 0 Å². The molecule has 4 heterocycles. The van der Waals surface area contributed by atoms with E-state index in [1.54, 1.807) is 24.4 Å². The number of ether oxygens (including phenoxy) is 1. The third kappa shape index (κ3) is 5.80. The lowest BCUT2D eigenvalue weighted by atomic mass is 9.97. The van der Waals surface area contributed by atoms with Crippen LogP contribution < -0.4 is 14.4 Å². The van der Waals surface area contributed by atoms with Crippen LogP contribution in [0.2, 0.25) is 0 Å². The Balaban J connectivity index is 1.31. The fourth-order valence-corrected chi connectivity index (χ4v) is 6.00. The second-order valence-electron chi connectivity index (χ2n) is 10.4. The molecule has 0 radical (unpaired) electrons. The monoisotopic (exact) mass is 545 g/mol. The fraction of sp³-hybridized carbons (Fsp3) is 0.276. The normalized spacial score (nSPS) is 16.7. The van der Waals surface area contributed by atoms with Gasteiger partial charge in [0.15, 0.2) is 5.03 Å². The maximum atomic E-state index is 13.2. The van der Waals surface area contributed by atoms with Crippen molar-refractivity contribution in [2.45, 2.75) is 44.4 Å². The molecule has 0 saturated carbocycles. The number of sulfonamides is 1. The van der Waals surface area contributed by atoms with Gasteiger partial charge in [0, 0.05) is 42.4 Å². The van der Waals surface area contributed by atoms with Crippen molar-refractivity contribution in [1.29, 1.82) is 0 Å². The Labute approximate surface area is 228 Å². The summed E-state index contributed by atoms with van der Waals surface area (Å²) in [5, 5.41) is -0.310. The van der Waals surface area contributed by atoms with Crippen LogP contribution in [0.3, 0.4) is 0 Å². The lowest BCUT2D eigenvalue weighted by Crippen LogP contribution is -2.41. The van der Waals surface area contributed by atoms with E-state index in [1.165, 1.54) is 12.1 Å². The van der Waals surface area contributed by atoms with Gasteiger partial charge < -0.3 is 14.2 Å². The summed E-state index contributed by atoms with van der Waals surface area (Å²) in [6, 6.07) is 19.3. The first-order valence-electron chi connectivity index (χ1n) is 12.7. The number of anilines is 1. The number of benzene rings is 1. The first-order chi connectivity index (χ1) is 18.6. The summed E-state index contributed by atoms with van der Waals surface area (Å²) < 4.78 is 36.2. The van der Waals surface area contributed by atoms with Gasteiger partial charge in [-0.3, -0.25) is 4.79 Å². The molecule has 39 heavy (non-hydrogen) atoms. The van der Waals surface area contributed by atoms with Crippen LogP contribution in [0.1, 0.15) is 43.1 Å². The molecule has 10 heteroatoms. The molecule has 9 nitrogen and oxygen atoms in total. The van der Waals surface area contributed by atoms with Crippen molar-refractivity contribution in [1.82, 2.24) is 19.3 Å². The summed E-state index contributed by atoms with van der Waals surface area (Å²) in [5.74, 6) is 0.256. The number of carbonyl (C=O) groups is 1. The summed E-state index contributed by atoms with van der Waals surface area (Å²) in [7, 11) is -4.27. The number of hydrogen-bond acceptors (Lipinski definition) is 7. The van der Waals surface area contributed by atoms with Crippen LogP contribution in [0.25, 0.3) is 5.69 Å². The molecule has 1 saturated heterocycles. The lowest BCUT2D eigenvalue weighted by molar-refractivity contribution is 0.0981. The number of nitrogens with zero attached hydrogens (tertiary/aromatic N) is 4. The van der Waals surface area contributed by atoms with E-state index in [4.69, 9.17) is 4.74 Å². The first kappa shape index (κ1) is 26.4. The number of carbonyl (C=O) groups excluding carboxylic acids is 1. The van der Waals surface area contributed by atoms with Crippen molar-refractivity contribution in [3.8, 4) is 11.6 Å². The van der Waals surface area contributed by atoms with E-state index in [1.807, 2.05) is 53.4 Å². The Morgan fingerprint density at radius 3 is 2.59 bits per heavy atom. The van der Waals surface area contributed by atoms with E-state index < -0.39 is 15.9 Å². The van der Waals surface area contributed by atoms with Crippen LogP contribution in [-0.2, 0) is 16.6 Å². The molecule has 1 N–H and O–H groups in total. The number of hydrogen-bond donors (Lipinski definition) is 1. The Bertz CT molecular complexity index is 1580. The molecule has 3 aromatic heterocycles. The van der Waals surface area contributed by atoms with Gasteiger partial charge in [-0.1, -0.05) is 25.1 Å². The maximum absolute atomic E-state index is 13.2.